The summed E-state index contributed by atoms with van der Waals surface area (Å²) in [6, 6.07) is 14.2. The maximum absolute atomic E-state index is 12.7. The van der Waals surface area contributed by atoms with Crippen LogP contribution in [0, 0.1) is 0 Å². The molecule has 2 aromatic carbocycles. The number of unbranched alkanes of at least 4 members (excludes halogenated alkanes) is 2. The molecule has 0 spiro atoms. The predicted octanol–water partition coefficient (Wildman–Crippen LogP) is 5.70. The van der Waals surface area contributed by atoms with Gasteiger partial charge in [0.25, 0.3) is 0 Å². The van der Waals surface area contributed by atoms with Crippen LogP contribution in [0.2, 0.25) is 10.0 Å². The molecule has 0 aromatic heterocycles. The summed E-state index contributed by atoms with van der Waals surface area (Å²) in [6.07, 6.45) is 3.10. The van der Waals surface area contributed by atoms with Gasteiger partial charge in [-0.05, 0) is 37.1 Å². The molecule has 0 saturated carbocycles. The number of hydrogen-bond donors (Lipinski definition) is 2. The van der Waals surface area contributed by atoms with E-state index in [1.54, 1.807) is 58.5 Å². The largest absolute Gasteiger partial charge is 0.274 e. The van der Waals surface area contributed by atoms with Crippen LogP contribution in [0.25, 0.3) is 0 Å². The fourth-order valence-electron chi connectivity index (χ4n) is 3.07. The summed E-state index contributed by atoms with van der Waals surface area (Å²) in [6.45, 7) is 5.14. The fraction of sp³-hybridized carbons (Fsp3) is 0.360. The van der Waals surface area contributed by atoms with E-state index in [1.165, 1.54) is 0 Å². The lowest BCUT2D eigenvalue weighted by molar-refractivity contribution is -0.132. The average Bonchev–Trinajstić information content (AvgIpc) is 2.84. The Morgan fingerprint density at radius 1 is 0.714 bits per heavy atom. The van der Waals surface area contributed by atoms with Gasteiger partial charge in [-0.3, -0.25) is 30.5 Å². The normalized spacial score (nSPS) is 10.4. The summed E-state index contributed by atoms with van der Waals surface area (Å²) in [7, 11) is 0. The van der Waals surface area contributed by atoms with Gasteiger partial charge in [0.1, 0.15) is 16.4 Å². The molecule has 0 aliphatic carbocycles. The van der Waals surface area contributed by atoms with E-state index in [-0.39, 0.29) is 6.42 Å². The van der Waals surface area contributed by atoms with Gasteiger partial charge in [0.05, 0.1) is 0 Å². The number of benzene rings is 2. The van der Waals surface area contributed by atoms with E-state index in [4.69, 9.17) is 47.6 Å². The summed E-state index contributed by atoms with van der Waals surface area (Å²) >= 11 is 23.1. The standard InChI is InChI=1S/C25H30Cl2N4O2S2/c1-3-5-15-30(24(34)18-7-11-20(26)12-8-18)28-22(32)17-23(33)29-31(16-6-4-2)25(35)19-9-13-21(27)14-10-19/h7-14H,3-6,15-17H2,1-2H3,(H,28,32)(H,29,33). The van der Waals surface area contributed by atoms with Crippen molar-refractivity contribution in [3.8, 4) is 0 Å². The Bertz CT molecular complexity index is 936. The van der Waals surface area contributed by atoms with Crippen LogP contribution in [0.3, 0.4) is 0 Å². The molecule has 0 aliphatic heterocycles. The molecule has 0 radical (unpaired) electrons. The minimum absolute atomic E-state index is 0.377. The molecular weight excluding hydrogens is 523 g/mol. The number of halogens is 2. The van der Waals surface area contributed by atoms with Crippen LogP contribution >= 0.6 is 47.6 Å². The molecule has 0 fully saturated rings. The number of thiocarbonyl (C=S) groups is 2. The van der Waals surface area contributed by atoms with Crippen LogP contribution < -0.4 is 10.9 Å². The van der Waals surface area contributed by atoms with Crippen molar-refractivity contribution in [3.05, 3.63) is 69.7 Å². The van der Waals surface area contributed by atoms with Gasteiger partial charge in [0, 0.05) is 34.3 Å². The second-order valence-electron chi connectivity index (χ2n) is 7.88. The third kappa shape index (κ3) is 9.72. The zero-order chi connectivity index (χ0) is 25.8. The lowest BCUT2D eigenvalue weighted by atomic mass is 10.2. The van der Waals surface area contributed by atoms with E-state index in [2.05, 4.69) is 10.9 Å². The van der Waals surface area contributed by atoms with Crippen LogP contribution in [-0.2, 0) is 9.59 Å². The zero-order valence-electron chi connectivity index (χ0n) is 19.9. The first kappa shape index (κ1) is 29.0. The van der Waals surface area contributed by atoms with Gasteiger partial charge in [-0.15, -0.1) is 0 Å². The summed E-state index contributed by atoms with van der Waals surface area (Å²) < 4.78 is 0. The number of hydrogen-bond acceptors (Lipinski definition) is 4. The Hall–Kier alpha value is -2.26. The van der Waals surface area contributed by atoms with Crippen molar-refractivity contribution in [3.63, 3.8) is 0 Å². The lowest BCUT2D eigenvalue weighted by Gasteiger charge is -2.27. The van der Waals surface area contributed by atoms with Gasteiger partial charge in [0.15, 0.2) is 0 Å². The summed E-state index contributed by atoms with van der Waals surface area (Å²) in [5.41, 5.74) is 7.05. The minimum Gasteiger partial charge on any atom is -0.274 e. The second kappa shape index (κ2) is 15.0. The van der Waals surface area contributed by atoms with Crippen LogP contribution in [0.15, 0.2) is 48.5 Å². The fourth-order valence-corrected chi connectivity index (χ4v) is 3.87. The SMILES string of the molecule is CCCCN(NC(=O)CC(=O)NN(CCCC)C(=S)c1ccc(Cl)cc1)C(=S)c1ccc(Cl)cc1. The average molecular weight is 554 g/mol. The topological polar surface area (TPSA) is 64.7 Å². The molecule has 10 heteroatoms. The highest BCUT2D eigenvalue weighted by Crippen LogP contribution is 2.14. The number of nitrogens with one attached hydrogen (secondary N) is 2. The smallest absolute Gasteiger partial charge is 0.248 e. The molecule has 0 atom stereocenters. The van der Waals surface area contributed by atoms with E-state index in [0.29, 0.717) is 33.1 Å². The summed E-state index contributed by atoms with van der Waals surface area (Å²) in [5, 5.41) is 4.40. The minimum atomic E-state index is -0.470. The quantitative estimate of drug-likeness (QED) is 0.224. The Kier molecular flexibility index (Phi) is 12.4. The van der Waals surface area contributed by atoms with E-state index >= 15 is 0 Å². The Morgan fingerprint density at radius 2 is 1.06 bits per heavy atom. The maximum Gasteiger partial charge on any atom is 0.248 e. The van der Waals surface area contributed by atoms with Gasteiger partial charge in [-0.2, -0.15) is 0 Å². The van der Waals surface area contributed by atoms with Gasteiger partial charge in [0.2, 0.25) is 11.8 Å². The Morgan fingerprint density at radius 3 is 1.37 bits per heavy atom. The van der Waals surface area contributed by atoms with E-state index in [9.17, 15) is 9.59 Å². The molecular formula is C25H30Cl2N4O2S2. The molecule has 0 bridgehead atoms. The van der Waals surface area contributed by atoms with Crippen molar-refractivity contribution in [2.24, 2.45) is 0 Å². The highest BCUT2D eigenvalue weighted by Gasteiger charge is 2.19. The molecule has 2 N–H and O–H groups in total. The molecule has 0 aliphatic rings. The summed E-state index contributed by atoms with van der Waals surface area (Å²) in [4.78, 5) is 26.4. The zero-order valence-corrected chi connectivity index (χ0v) is 23.0. The second-order valence-corrected chi connectivity index (χ2v) is 9.53. The Balaban J connectivity index is 2.03. The first-order chi connectivity index (χ1) is 16.7. The van der Waals surface area contributed by atoms with Crippen molar-refractivity contribution in [1.82, 2.24) is 20.9 Å². The monoisotopic (exact) mass is 552 g/mol. The number of rotatable bonds is 10. The molecule has 0 unspecified atom stereocenters. The van der Waals surface area contributed by atoms with Crippen LogP contribution in [0.4, 0.5) is 0 Å². The number of carbonyl (C=O) groups is 2. The molecule has 188 valence electrons. The molecule has 35 heavy (non-hydrogen) atoms. The van der Waals surface area contributed by atoms with Crippen molar-refractivity contribution in [2.45, 2.75) is 46.0 Å². The van der Waals surface area contributed by atoms with Crippen molar-refractivity contribution in [1.29, 1.82) is 0 Å². The molecule has 2 rings (SSSR count). The van der Waals surface area contributed by atoms with E-state index in [1.807, 2.05) is 13.8 Å². The van der Waals surface area contributed by atoms with Gasteiger partial charge in [-0.25, -0.2) is 0 Å². The Labute approximate surface area is 227 Å². The van der Waals surface area contributed by atoms with Crippen LogP contribution in [0.5, 0.6) is 0 Å². The first-order valence-electron chi connectivity index (χ1n) is 11.5. The van der Waals surface area contributed by atoms with Crippen molar-refractivity contribution in [2.75, 3.05) is 13.1 Å². The third-order valence-electron chi connectivity index (χ3n) is 4.98. The van der Waals surface area contributed by atoms with E-state index in [0.717, 1.165) is 36.8 Å². The van der Waals surface area contributed by atoms with Crippen molar-refractivity contribution < 1.29 is 9.59 Å². The molecule has 0 saturated heterocycles. The highest BCUT2D eigenvalue weighted by molar-refractivity contribution is 7.80. The maximum atomic E-state index is 12.7. The number of hydrazine groups is 2. The molecule has 6 nitrogen and oxygen atoms in total. The van der Waals surface area contributed by atoms with Gasteiger partial charge >= 0.3 is 0 Å². The molecule has 2 aromatic rings. The third-order valence-corrected chi connectivity index (χ3v) is 6.40. The molecule has 2 amide bonds. The number of amides is 2. The van der Waals surface area contributed by atoms with Crippen LogP contribution in [-0.4, -0.2) is 44.9 Å². The first-order valence-corrected chi connectivity index (χ1v) is 13.1. The van der Waals surface area contributed by atoms with Crippen LogP contribution in [0.1, 0.15) is 57.1 Å². The highest BCUT2D eigenvalue weighted by atomic mass is 35.5. The van der Waals surface area contributed by atoms with Gasteiger partial charge < -0.3 is 0 Å². The lowest BCUT2D eigenvalue weighted by Crippen LogP contribution is -2.50. The van der Waals surface area contributed by atoms with E-state index < -0.39 is 11.8 Å². The summed E-state index contributed by atoms with van der Waals surface area (Å²) in [5.74, 6) is -0.939. The predicted molar refractivity (Wildman–Crippen MR) is 150 cm³/mol. The van der Waals surface area contributed by atoms with Gasteiger partial charge in [-0.1, -0.05) is 98.6 Å². The number of carbonyl (C=O) groups excluding carboxylic acids is 2. The molecule has 0 heterocycles. The number of nitrogens with zero attached hydrogens (tertiary/aromatic N) is 2. The van der Waals surface area contributed by atoms with Crippen molar-refractivity contribution >= 4 is 69.4 Å².